The Hall–Kier alpha value is -2.30. The molecular formula is C17H18F2N4O3S. The van der Waals surface area contributed by atoms with Gasteiger partial charge in [0.25, 0.3) is 5.91 Å². The van der Waals surface area contributed by atoms with E-state index in [1.807, 2.05) is 0 Å². The molecule has 0 aliphatic carbocycles. The van der Waals surface area contributed by atoms with Crippen LogP contribution in [0.2, 0.25) is 0 Å². The first kappa shape index (κ1) is 19.5. The van der Waals surface area contributed by atoms with Crippen molar-refractivity contribution >= 4 is 24.2 Å². The molecule has 1 fully saturated rings. The number of ether oxygens (including phenoxy) is 2. The van der Waals surface area contributed by atoms with Gasteiger partial charge < -0.3 is 20.5 Å². The van der Waals surface area contributed by atoms with Crippen LogP contribution >= 0.6 is 12.6 Å². The van der Waals surface area contributed by atoms with Crippen LogP contribution in [-0.2, 0) is 10.3 Å². The number of nitrogens with zero attached hydrogens (tertiary/aromatic N) is 2. The number of thiol groups is 1. The molecule has 2 atom stereocenters. The Morgan fingerprint density at radius 1 is 1.44 bits per heavy atom. The number of aromatic nitrogens is 2. The van der Waals surface area contributed by atoms with Gasteiger partial charge in [-0.2, -0.15) is 12.6 Å². The number of anilines is 1. The summed E-state index contributed by atoms with van der Waals surface area (Å²) in [6, 6.07) is 4.09. The lowest BCUT2D eigenvalue weighted by atomic mass is 9.89. The van der Waals surface area contributed by atoms with Crippen molar-refractivity contribution in [3.8, 4) is 5.88 Å². The summed E-state index contributed by atoms with van der Waals surface area (Å²) in [5.74, 6) is -0.943. The topological polar surface area (TPSA) is 99.4 Å². The third-order valence-electron chi connectivity index (χ3n) is 4.12. The number of benzene rings is 1. The standard InChI is InChI=1S/C17H18F2N4O3S/c18-3-4-26-15-7-21-13(6-22-15)16(24)23-10-1-2-12(19)11(5-10)17(20)9-25-8-14(17)27/h1-2,5-7,14,27H,3-4,8-9,20H2,(H,23,24)/t14-,17-/m1/s1. The van der Waals surface area contributed by atoms with Crippen LogP contribution in [0.4, 0.5) is 14.5 Å². The molecule has 0 radical (unpaired) electrons. The molecule has 27 heavy (non-hydrogen) atoms. The van der Waals surface area contributed by atoms with Gasteiger partial charge >= 0.3 is 0 Å². The highest BCUT2D eigenvalue weighted by atomic mass is 32.1. The molecule has 1 saturated heterocycles. The second-order valence-corrected chi connectivity index (χ2v) is 6.62. The third-order valence-corrected chi connectivity index (χ3v) is 4.73. The van der Waals surface area contributed by atoms with Gasteiger partial charge in [-0.05, 0) is 18.2 Å². The van der Waals surface area contributed by atoms with Crippen LogP contribution in [0.5, 0.6) is 5.88 Å². The van der Waals surface area contributed by atoms with E-state index in [0.29, 0.717) is 12.3 Å². The van der Waals surface area contributed by atoms with E-state index in [4.69, 9.17) is 15.2 Å². The number of rotatable bonds is 6. The molecule has 3 N–H and O–H groups in total. The zero-order valence-corrected chi connectivity index (χ0v) is 15.1. The highest BCUT2D eigenvalue weighted by Crippen LogP contribution is 2.34. The van der Waals surface area contributed by atoms with Crippen molar-refractivity contribution in [2.24, 2.45) is 5.73 Å². The second kappa shape index (κ2) is 8.15. The van der Waals surface area contributed by atoms with E-state index < -0.39 is 23.9 Å². The first-order chi connectivity index (χ1) is 12.9. The van der Waals surface area contributed by atoms with Crippen LogP contribution in [0.1, 0.15) is 16.1 Å². The molecule has 1 aliphatic heterocycles. The number of nitrogens with two attached hydrogens (primary N) is 1. The molecule has 0 saturated carbocycles. The molecule has 1 aliphatic rings. The number of alkyl halides is 1. The highest BCUT2D eigenvalue weighted by Gasteiger charge is 2.42. The van der Waals surface area contributed by atoms with Gasteiger partial charge in [-0.25, -0.2) is 18.7 Å². The van der Waals surface area contributed by atoms with Gasteiger partial charge in [0.1, 0.15) is 24.8 Å². The molecular weight excluding hydrogens is 378 g/mol. The number of hydrogen-bond acceptors (Lipinski definition) is 7. The normalized spacial score (nSPS) is 21.9. The number of nitrogens with one attached hydrogen (secondary N) is 1. The molecule has 0 bridgehead atoms. The fourth-order valence-electron chi connectivity index (χ4n) is 2.65. The summed E-state index contributed by atoms with van der Waals surface area (Å²) < 4.78 is 36.6. The summed E-state index contributed by atoms with van der Waals surface area (Å²) in [4.78, 5) is 20.1. The van der Waals surface area contributed by atoms with E-state index in [9.17, 15) is 13.6 Å². The van der Waals surface area contributed by atoms with Gasteiger partial charge in [-0.3, -0.25) is 4.79 Å². The summed E-state index contributed by atoms with van der Waals surface area (Å²) >= 11 is 4.37. The second-order valence-electron chi connectivity index (χ2n) is 6.00. The number of carbonyl (C=O) groups excluding carboxylic acids is 1. The van der Waals surface area contributed by atoms with Gasteiger partial charge in [-0.15, -0.1) is 0 Å². The summed E-state index contributed by atoms with van der Waals surface area (Å²) in [6.45, 7) is -0.365. The first-order valence-corrected chi connectivity index (χ1v) is 8.62. The fraction of sp³-hybridized carbons (Fsp3) is 0.353. The van der Waals surface area contributed by atoms with Crippen molar-refractivity contribution in [2.45, 2.75) is 10.8 Å². The smallest absolute Gasteiger partial charge is 0.275 e. The minimum atomic E-state index is -1.09. The van der Waals surface area contributed by atoms with Gasteiger partial charge in [0.15, 0.2) is 0 Å². The Bertz CT molecular complexity index is 824. The summed E-state index contributed by atoms with van der Waals surface area (Å²) in [7, 11) is 0. The van der Waals surface area contributed by atoms with E-state index in [0.717, 1.165) is 0 Å². The Morgan fingerprint density at radius 2 is 2.26 bits per heavy atom. The zero-order chi connectivity index (χ0) is 19.4. The van der Waals surface area contributed by atoms with Crippen molar-refractivity contribution in [1.82, 2.24) is 9.97 Å². The molecule has 7 nitrogen and oxygen atoms in total. The summed E-state index contributed by atoms with van der Waals surface area (Å²) in [5.41, 5.74) is 5.75. The van der Waals surface area contributed by atoms with Crippen LogP contribution in [0.3, 0.4) is 0 Å². The predicted octanol–water partition coefficient (Wildman–Crippen LogP) is 1.70. The van der Waals surface area contributed by atoms with Crippen LogP contribution in [0, 0.1) is 5.82 Å². The molecule has 1 aromatic heterocycles. The summed E-state index contributed by atoms with van der Waals surface area (Å²) in [6.07, 6.45) is 2.42. The first-order valence-electron chi connectivity index (χ1n) is 8.11. The van der Waals surface area contributed by atoms with Gasteiger partial charge in [0, 0.05) is 16.5 Å². The number of halogens is 2. The minimum Gasteiger partial charge on any atom is -0.474 e. The molecule has 144 valence electrons. The molecule has 3 rings (SSSR count). The Kier molecular flexibility index (Phi) is 5.88. The SMILES string of the molecule is N[C@@]1(c2cc(NC(=O)c3cnc(OCCF)cn3)ccc2F)COC[C@H]1S. The van der Waals surface area contributed by atoms with E-state index in [1.165, 1.54) is 30.6 Å². The predicted molar refractivity (Wildman–Crippen MR) is 97.3 cm³/mol. The van der Waals surface area contributed by atoms with Crippen molar-refractivity contribution in [2.75, 3.05) is 31.8 Å². The summed E-state index contributed by atoms with van der Waals surface area (Å²) in [5, 5.41) is 2.24. The highest BCUT2D eigenvalue weighted by molar-refractivity contribution is 7.81. The average Bonchev–Trinajstić information content (AvgIpc) is 3.01. The van der Waals surface area contributed by atoms with Crippen LogP contribution in [-0.4, -0.2) is 47.6 Å². The number of carbonyl (C=O) groups is 1. The molecule has 0 unspecified atom stereocenters. The van der Waals surface area contributed by atoms with Gasteiger partial charge in [0.2, 0.25) is 5.88 Å². The van der Waals surface area contributed by atoms with Crippen LogP contribution in [0.15, 0.2) is 30.6 Å². The minimum absolute atomic E-state index is 0.0206. The van der Waals surface area contributed by atoms with E-state index in [2.05, 4.69) is 27.9 Å². The molecule has 2 aromatic rings. The lowest BCUT2D eigenvalue weighted by molar-refractivity contribution is 0.102. The largest absolute Gasteiger partial charge is 0.474 e. The lowest BCUT2D eigenvalue weighted by Gasteiger charge is -2.27. The van der Waals surface area contributed by atoms with E-state index in [-0.39, 0.29) is 35.6 Å². The molecule has 2 heterocycles. The van der Waals surface area contributed by atoms with Crippen molar-refractivity contribution < 1.29 is 23.0 Å². The van der Waals surface area contributed by atoms with Crippen molar-refractivity contribution in [1.29, 1.82) is 0 Å². The Morgan fingerprint density at radius 3 is 2.89 bits per heavy atom. The fourth-order valence-corrected chi connectivity index (χ4v) is 2.97. The Balaban J connectivity index is 1.76. The lowest BCUT2D eigenvalue weighted by Crippen LogP contribution is -2.45. The quantitative estimate of drug-likeness (QED) is 0.643. The maximum Gasteiger partial charge on any atom is 0.275 e. The average molecular weight is 396 g/mol. The molecule has 1 amide bonds. The molecule has 10 heteroatoms. The van der Waals surface area contributed by atoms with Gasteiger partial charge in [-0.1, -0.05) is 0 Å². The van der Waals surface area contributed by atoms with Crippen molar-refractivity contribution in [3.05, 3.63) is 47.7 Å². The number of amides is 1. The number of hydrogen-bond donors (Lipinski definition) is 3. The van der Waals surface area contributed by atoms with Gasteiger partial charge in [0.05, 0.1) is 31.1 Å². The monoisotopic (exact) mass is 396 g/mol. The van der Waals surface area contributed by atoms with Crippen LogP contribution in [0.25, 0.3) is 0 Å². The molecule has 1 aromatic carbocycles. The third kappa shape index (κ3) is 4.18. The maximum atomic E-state index is 14.3. The maximum absolute atomic E-state index is 14.3. The van der Waals surface area contributed by atoms with Crippen molar-refractivity contribution in [3.63, 3.8) is 0 Å². The Labute approximate surface area is 159 Å². The van der Waals surface area contributed by atoms with Crippen LogP contribution < -0.4 is 15.8 Å². The molecule has 0 spiro atoms. The zero-order valence-electron chi connectivity index (χ0n) is 14.2. The van der Waals surface area contributed by atoms with E-state index in [1.54, 1.807) is 0 Å². The van der Waals surface area contributed by atoms with E-state index >= 15 is 0 Å².